The van der Waals surface area contributed by atoms with Crippen LogP contribution in [0.15, 0.2) is 24.3 Å². The van der Waals surface area contributed by atoms with Gasteiger partial charge in [0.1, 0.15) is 0 Å². The average molecular weight is 249 g/mol. The number of likely N-dealkylation sites (tertiary alicyclic amines) is 1. The number of nitro groups is 1. The number of amides is 1. The van der Waals surface area contributed by atoms with Gasteiger partial charge >= 0.3 is 0 Å². The molecule has 6 heteroatoms. The minimum absolute atomic E-state index is 0.0416. The third kappa shape index (κ3) is 2.58. The first-order valence-corrected chi connectivity index (χ1v) is 5.88. The molecule has 1 aromatic carbocycles. The molecule has 1 fully saturated rings. The van der Waals surface area contributed by atoms with Crippen LogP contribution in [-0.2, 0) is 4.79 Å². The first-order chi connectivity index (χ1) is 8.58. The highest BCUT2D eigenvalue weighted by atomic mass is 16.6. The van der Waals surface area contributed by atoms with Gasteiger partial charge in [-0.3, -0.25) is 14.9 Å². The topological polar surface area (TPSA) is 75.5 Å². The van der Waals surface area contributed by atoms with Gasteiger partial charge in [-0.1, -0.05) is 6.07 Å². The summed E-state index contributed by atoms with van der Waals surface area (Å²) in [4.78, 5) is 23.5. The monoisotopic (exact) mass is 249 g/mol. The Morgan fingerprint density at radius 3 is 2.89 bits per heavy atom. The molecule has 0 bridgehead atoms. The fraction of sp³-hybridized carbons (Fsp3) is 0.417. The second-order valence-electron chi connectivity index (χ2n) is 4.32. The van der Waals surface area contributed by atoms with Crippen LogP contribution in [0, 0.1) is 10.1 Å². The third-order valence-electron chi connectivity index (χ3n) is 3.01. The summed E-state index contributed by atoms with van der Waals surface area (Å²) in [6, 6.07) is 6.29. The molecule has 0 aromatic heterocycles. The largest absolute Gasteiger partial charge is 0.365 e. The van der Waals surface area contributed by atoms with Crippen molar-refractivity contribution >= 4 is 17.3 Å². The van der Waals surface area contributed by atoms with Gasteiger partial charge in [-0.15, -0.1) is 0 Å². The van der Waals surface area contributed by atoms with Gasteiger partial charge < -0.3 is 10.2 Å². The number of non-ortho nitro benzene ring substituents is 1. The number of benzene rings is 1. The molecule has 1 aromatic rings. The summed E-state index contributed by atoms with van der Waals surface area (Å²) in [7, 11) is 0. The first kappa shape index (κ1) is 12.3. The molecule has 1 heterocycles. The number of nitrogens with one attached hydrogen (secondary N) is 1. The summed E-state index contributed by atoms with van der Waals surface area (Å²) >= 11 is 0. The third-order valence-corrected chi connectivity index (χ3v) is 3.01. The Hall–Kier alpha value is -2.11. The lowest BCUT2D eigenvalue weighted by Gasteiger charge is -2.25. The van der Waals surface area contributed by atoms with Crippen molar-refractivity contribution in [2.24, 2.45) is 0 Å². The summed E-state index contributed by atoms with van der Waals surface area (Å²) in [5, 5.41) is 13.8. The Balaban J connectivity index is 2.06. The van der Waals surface area contributed by atoms with Crippen molar-refractivity contribution in [1.82, 2.24) is 4.90 Å². The summed E-state index contributed by atoms with van der Waals surface area (Å²) in [5.41, 5.74) is 0.691. The molecule has 18 heavy (non-hydrogen) atoms. The minimum atomic E-state index is -0.434. The van der Waals surface area contributed by atoms with Crippen LogP contribution < -0.4 is 5.32 Å². The molecule has 96 valence electrons. The molecule has 0 radical (unpaired) electrons. The predicted molar refractivity (Wildman–Crippen MR) is 67.1 cm³/mol. The summed E-state index contributed by atoms with van der Waals surface area (Å²) in [6.45, 7) is 2.62. The van der Waals surface area contributed by atoms with Crippen LogP contribution in [0.25, 0.3) is 0 Å². The Morgan fingerprint density at radius 2 is 2.28 bits per heavy atom. The number of hydrogen-bond donors (Lipinski definition) is 1. The normalized spacial score (nSPS) is 16.7. The van der Waals surface area contributed by atoms with E-state index in [2.05, 4.69) is 5.32 Å². The van der Waals surface area contributed by atoms with Crippen LogP contribution in [-0.4, -0.2) is 28.4 Å². The zero-order valence-corrected chi connectivity index (χ0v) is 10.1. The van der Waals surface area contributed by atoms with E-state index in [4.69, 9.17) is 0 Å². The second kappa shape index (κ2) is 5.03. The molecule has 0 saturated carbocycles. The zero-order valence-electron chi connectivity index (χ0n) is 10.1. The van der Waals surface area contributed by atoms with E-state index in [1.165, 1.54) is 12.1 Å². The number of carbonyl (C=O) groups excluding carboxylic acids is 1. The van der Waals surface area contributed by atoms with Gasteiger partial charge in [-0.05, 0) is 19.4 Å². The minimum Gasteiger partial charge on any atom is -0.365 e. The van der Waals surface area contributed by atoms with Gasteiger partial charge in [0.2, 0.25) is 5.91 Å². The van der Waals surface area contributed by atoms with E-state index in [0.717, 1.165) is 13.0 Å². The lowest BCUT2D eigenvalue weighted by atomic mass is 10.2. The zero-order chi connectivity index (χ0) is 13.1. The fourth-order valence-corrected chi connectivity index (χ4v) is 2.11. The molecule has 1 saturated heterocycles. The molecule has 1 N–H and O–H groups in total. The smallest absolute Gasteiger partial charge is 0.271 e. The summed E-state index contributed by atoms with van der Waals surface area (Å²) in [5.74, 6) is 0.125. The van der Waals surface area contributed by atoms with Crippen molar-refractivity contribution in [3.8, 4) is 0 Å². The van der Waals surface area contributed by atoms with Crippen LogP contribution in [0.3, 0.4) is 0 Å². The van der Waals surface area contributed by atoms with E-state index >= 15 is 0 Å². The van der Waals surface area contributed by atoms with Crippen molar-refractivity contribution in [3.63, 3.8) is 0 Å². The van der Waals surface area contributed by atoms with E-state index in [1.807, 2.05) is 6.92 Å². The Bertz CT molecular complexity index is 475. The number of nitrogens with zero attached hydrogens (tertiary/aromatic N) is 2. The van der Waals surface area contributed by atoms with Crippen LogP contribution in [0.4, 0.5) is 11.4 Å². The second-order valence-corrected chi connectivity index (χ2v) is 4.32. The van der Waals surface area contributed by atoms with E-state index in [1.54, 1.807) is 17.0 Å². The summed E-state index contributed by atoms with van der Waals surface area (Å²) < 4.78 is 0. The van der Waals surface area contributed by atoms with E-state index in [9.17, 15) is 14.9 Å². The van der Waals surface area contributed by atoms with Gasteiger partial charge in [-0.25, -0.2) is 0 Å². The molecule has 0 spiro atoms. The molecule has 1 atom stereocenters. The van der Waals surface area contributed by atoms with Crippen LogP contribution in [0.5, 0.6) is 0 Å². The maximum Gasteiger partial charge on any atom is 0.271 e. The van der Waals surface area contributed by atoms with Gasteiger partial charge in [0, 0.05) is 30.8 Å². The number of anilines is 1. The lowest BCUT2D eigenvalue weighted by molar-refractivity contribution is -0.384. The number of nitro benzene ring substituents is 1. The van der Waals surface area contributed by atoms with Gasteiger partial charge in [0.15, 0.2) is 0 Å². The number of hydrogen-bond acceptors (Lipinski definition) is 4. The molecule has 1 aliphatic heterocycles. The molecule has 1 unspecified atom stereocenters. The van der Waals surface area contributed by atoms with E-state index < -0.39 is 4.92 Å². The van der Waals surface area contributed by atoms with Crippen LogP contribution in [0.2, 0.25) is 0 Å². The fourth-order valence-electron chi connectivity index (χ4n) is 2.11. The molecule has 1 amide bonds. The van der Waals surface area contributed by atoms with Crippen molar-refractivity contribution in [3.05, 3.63) is 34.4 Å². The Labute approximate surface area is 105 Å². The molecular formula is C12H15N3O3. The highest BCUT2D eigenvalue weighted by Gasteiger charge is 2.24. The van der Waals surface area contributed by atoms with Crippen LogP contribution >= 0.6 is 0 Å². The number of rotatable bonds is 4. The Kier molecular flexibility index (Phi) is 3.45. The highest BCUT2D eigenvalue weighted by Crippen LogP contribution is 2.20. The van der Waals surface area contributed by atoms with Crippen molar-refractivity contribution in [2.75, 3.05) is 11.9 Å². The SMILES string of the molecule is CC(Nc1cccc([N+](=O)[O-])c1)N1CCCC1=O. The van der Waals surface area contributed by atoms with E-state index in [0.29, 0.717) is 12.1 Å². The predicted octanol–water partition coefficient (Wildman–Crippen LogP) is 1.98. The highest BCUT2D eigenvalue weighted by molar-refractivity contribution is 5.78. The quantitative estimate of drug-likeness (QED) is 0.654. The maximum atomic E-state index is 11.6. The molecule has 0 aliphatic carbocycles. The molecular weight excluding hydrogens is 234 g/mol. The van der Waals surface area contributed by atoms with Crippen molar-refractivity contribution in [2.45, 2.75) is 25.9 Å². The Morgan fingerprint density at radius 1 is 1.50 bits per heavy atom. The van der Waals surface area contributed by atoms with Crippen molar-refractivity contribution in [1.29, 1.82) is 0 Å². The summed E-state index contributed by atoms with van der Waals surface area (Å²) in [6.07, 6.45) is 1.31. The van der Waals surface area contributed by atoms with Crippen molar-refractivity contribution < 1.29 is 9.72 Å². The van der Waals surface area contributed by atoms with Gasteiger partial charge in [-0.2, -0.15) is 0 Å². The molecule has 1 aliphatic rings. The average Bonchev–Trinajstić information content (AvgIpc) is 2.76. The maximum absolute atomic E-state index is 11.6. The number of carbonyl (C=O) groups is 1. The van der Waals surface area contributed by atoms with Gasteiger partial charge in [0.25, 0.3) is 5.69 Å². The first-order valence-electron chi connectivity index (χ1n) is 5.88. The van der Waals surface area contributed by atoms with E-state index in [-0.39, 0.29) is 17.8 Å². The van der Waals surface area contributed by atoms with Gasteiger partial charge in [0.05, 0.1) is 11.1 Å². The van der Waals surface area contributed by atoms with Crippen LogP contribution in [0.1, 0.15) is 19.8 Å². The molecule has 2 rings (SSSR count). The standard InChI is InChI=1S/C12H15N3O3/c1-9(14-7-3-6-12(14)16)13-10-4-2-5-11(8-10)15(17)18/h2,4-5,8-9,13H,3,6-7H2,1H3. The lowest BCUT2D eigenvalue weighted by Crippen LogP contribution is -2.39. The molecule has 6 nitrogen and oxygen atoms in total.